The van der Waals surface area contributed by atoms with E-state index in [4.69, 9.17) is 4.42 Å². The lowest BCUT2D eigenvalue weighted by atomic mass is 10.3. The van der Waals surface area contributed by atoms with Crippen LogP contribution in [0.4, 0.5) is 0 Å². The van der Waals surface area contributed by atoms with Crippen molar-refractivity contribution in [3.05, 3.63) is 17.9 Å². The molecule has 0 amide bonds. The maximum Gasteiger partial charge on any atom is 0.276 e. The van der Waals surface area contributed by atoms with Gasteiger partial charge >= 0.3 is 0 Å². The van der Waals surface area contributed by atoms with Crippen LogP contribution in [0.5, 0.6) is 0 Å². The van der Waals surface area contributed by atoms with Crippen molar-refractivity contribution in [3.8, 4) is 0 Å². The minimum atomic E-state index is -3.50. The molecule has 1 aliphatic rings. The summed E-state index contributed by atoms with van der Waals surface area (Å²) in [6.45, 7) is 7.85. The third kappa shape index (κ3) is 4.25. The van der Waals surface area contributed by atoms with Crippen molar-refractivity contribution in [1.29, 1.82) is 0 Å². The molecule has 1 aromatic rings. The zero-order valence-corrected chi connectivity index (χ0v) is 14.5. The Morgan fingerprint density at radius 1 is 1.48 bits per heavy atom. The average molecular weight is 332 g/mol. The van der Waals surface area contributed by atoms with Crippen molar-refractivity contribution >= 4 is 21.8 Å². The van der Waals surface area contributed by atoms with Gasteiger partial charge in [-0.3, -0.25) is 0 Å². The van der Waals surface area contributed by atoms with Gasteiger partial charge in [0.2, 0.25) is 5.09 Å². The van der Waals surface area contributed by atoms with Gasteiger partial charge in [-0.1, -0.05) is 20.8 Å². The van der Waals surface area contributed by atoms with Crippen molar-refractivity contribution in [2.45, 2.75) is 50.1 Å². The standard InChI is InChI=1S/C14H24N2O3S2/c1-4-13-10-16(7-8-20-13)21(17,18)14-6-5-12(19-14)9-15-11(2)3/h5-6,11,13,15H,4,7-10H2,1-3H3. The molecule has 1 atom stereocenters. The van der Waals surface area contributed by atoms with Gasteiger partial charge in [-0.2, -0.15) is 16.1 Å². The first-order chi connectivity index (χ1) is 9.93. The highest BCUT2D eigenvalue weighted by Crippen LogP contribution is 2.27. The molecule has 7 heteroatoms. The highest BCUT2D eigenvalue weighted by atomic mass is 32.2. The third-order valence-electron chi connectivity index (χ3n) is 3.47. The molecule has 5 nitrogen and oxygen atoms in total. The van der Waals surface area contributed by atoms with E-state index >= 15 is 0 Å². The van der Waals surface area contributed by atoms with Crippen LogP contribution < -0.4 is 5.32 Å². The Bertz CT molecular complexity index is 554. The molecule has 1 saturated heterocycles. The lowest BCUT2D eigenvalue weighted by Crippen LogP contribution is -2.41. The molecule has 1 fully saturated rings. The number of rotatable bonds is 6. The first kappa shape index (κ1) is 16.9. The van der Waals surface area contributed by atoms with Crippen LogP contribution >= 0.6 is 11.8 Å². The zero-order chi connectivity index (χ0) is 15.5. The van der Waals surface area contributed by atoms with E-state index in [1.54, 1.807) is 16.4 Å². The molecule has 2 heterocycles. The maximum absolute atomic E-state index is 12.6. The minimum absolute atomic E-state index is 0.0600. The first-order valence-electron chi connectivity index (χ1n) is 7.37. The molecule has 0 aromatic carbocycles. The monoisotopic (exact) mass is 332 g/mol. The summed E-state index contributed by atoms with van der Waals surface area (Å²) >= 11 is 1.85. The SMILES string of the molecule is CCC1CN(S(=O)(=O)c2ccc(CNC(C)C)o2)CCS1. The number of sulfonamides is 1. The van der Waals surface area contributed by atoms with Crippen molar-refractivity contribution < 1.29 is 12.8 Å². The minimum Gasteiger partial charge on any atom is -0.447 e. The van der Waals surface area contributed by atoms with Gasteiger partial charge in [-0.15, -0.1) is 0 Å². The van der Waals surface area contributed by atoms with Gasteiger partial charge in [0.25, 0.3) is 10.0 Å². The summed E-state index contributed by atoms with van der Waals surface area (Å²) in [6.07, 6.45) is 0.985. The van der Waals surface area contributed by atoms with Gasteiger partial charge in [-0.05, 0) is 18.6 Å². The van der Waals surface area contributed by atoms with Crippen LogP contribution in [0.25, 0.3) is 0 Å². The molecule has 0 bridgehead atoms. The van der Waals surface area contributed by atoms with E-state index in [0.717, 1.165) is 12.2 Å². The second-order valence-electron chi connectivity index (χ2n) is 5.52. The molecule has 1 N–H and O–H groups in total. The Morgan fingerprint density at radius 3 is 2.90 bits per heavy atom. The van der Waals surface area contributed by atoms with Crippen LogP contribution in [-0.2, 0) is 16.6 Å². The highest BCUT2D eigenvalue weighted by Gasteiger charge is 2.32. The zero-order valence-electron chi connectivity index (χ0n) is 12.8. The van der Waals surface area contributed by atoms with Crippen molar-refractivity contribution in [2.24, 2.45) is 0 Å². The highest BCUT2D eigenvalue weighted by molar-refractivity contribution is 8.00. The molecule has 21 heavy (non-hydrogen) atoms. The fraction of sp³-hybridized carbons (Fsp3) is 0.714. The van der Waals surface area contributed by atoms with Gasteiger partial charge in [0.05, 0.1) is 6.54 Å². The lowest BCUT2D eigenvalue weighted by Gasteiger charge is -2.30. The van der Waals surface area contributed by atoms with Gasteiger partial charge < -0.3 is 9.73 Å². The lowest BCUT2D eigenvalue weighted by molar-refractivity contribution is 0.362. The summed E-state index contributed by atoms with van der Waals surface area (Å²) < 4.78 is 32.3. The molecule has 0 aliphatic carbocycles. The molecule has 2 rings (SSSR count). The third-order valence-corrected chi connectivity index (χ3v) is 6.58. The van der Waals surface area contributed by atoms with Crippen molar-refractivity contribution in [2.75, 3.05) is 18.8 Å². The molecular weight excluding hydrogens is 308 g/mol. The number of hydrogen-bond acceptors (Lipinski definition) is 5. The summed E-state index contributed by atoms with van der Waals surface area (Å²) in [4.78, 5) is 0. The van der Waals surface area contributed by atoms with Crippen LogP contribution in [0.15, 0.2) is 21.6 Å². The van der Waals surface area contributed by atoms with E-state index in [-0.39, 0.29) is 5.09 Å². The van der Waals surface area contributed by atoms with E-state index in [0.29, 0.717) is 36.7 Å². The summed E-state index contributed by atoms with van der Waals surface area (Å²) in [5.41, 5.74) is 0. The second kappa shape index (κ2) is 7.17. The summed E-state index contributed by atoms with van der Waals surface area (Å²) in [6, 6.07) is 3.63. The van der Waals surface area contributed by atoms with Gasteiger partial charge in [0.1, 0.15) is 5.76 Å². The average Bonchev–Trinajstić information content (AvgIpc) is 2.95. The largest absolute Gasteiger partial charge is 0.447 e. The predicted molar refractivity (Wildman–Crippen MR) is 86.0 cm³/mol. The van der Waals surface area contributed by atoms with Crippen molar-refractivity contribution in [3.63, 3.8) is 0 Å². The smallest absolute Gasteiger partial charge is 0.276 e. The van der Waals surface area contributed by atoms with Gasteiger partial charge in [0.15, 0.2) is 0 Å². The Balaban J connectivity index is 2.08. The van der Waals surface area contributed by atoms with E-state index in [1.807, 2.05) is 25.6 Å². The number of nitrogens with zero attached hydrogens (tertiary/aromatic N) is 1. The number of hydrogen-bond donors (Lipinski definition) is 1. The molecule has 1 aliphatic heterocycles. The maximum atomic E-state index is 12.6. The first-order valence-corrected chi connectivity index (χ1v) is 9.86. The number of thioether (sulfide) groups is 1. The summed E-state index contributed by atoms with van der Waals surface area (Å²) in [7, 11) is -3.50. The molecular formula is C14H24N2O3S2. The number of furan rings is 1. The van der Waals surface area contributed by atoms with Gasteiger partial charge in [-0.25, -0.2) is 8.42 Å². The Labute approximate surface area is 131 Å². The summed E-state index contributed by atoms with van der Waals surface area (Å²) in [5, 5.41) is 3.66. The normalized spacial score (nSPS) is 21.0. The van der Waals surface area contributed by atoms with E-state index in [1.165, 1.54) is 0 Å². The fourth-order valence-corrected chi connectivity index (χ4v) is 4.99. The molecule has 1 aromatic heterocycles. The molecule has 0 saturated carbocycles. The topological polar surface area (TPSA) is 62.6 Å². The Hall–Kier alpha value is -0.500. The van der Waals surface area contributed by atoms with Crippen LogP contribution in [0.3, 0.4) is 0 Å². The molecule has 0 radical (unpaired) electrons. The van der Waals surface area contributed by atoms with Crippen LogP contribution in [0, 0.1) is 0 Å². The summed E-state index contributed by atoms with van der Waals surface area (Å²) in [5.74, 6) is 1.50. The Morgan fingerprint density at radius 2 is 2.24 bits per heavy atom. The van der Waals surface area contributed by atoms with Crippen molar-refractivity contribution in [1.82, 2.24) is 9.62 Å². The predicted octanol–water partition coefficient (Wildman–Crippen LogP) is 2.29. The molecule has 1 unspecified atom stereocenters. The Kier molecular flexibility index (Phi) is 5.76. The molecule has 0 spiro atoms. The fourth-order valence-electron chi connectivity index (χ4n) is 2.18. The van der Waals surface area contributed by atoms with Gasteiger partial charge in [0, 0.05) is 30.1 Å². The second-order valence-corrected chi connectivity index (χ2v) is 8.80. The van der Waals surface area contributed by atoms with E-state index in [9.17, 15) is 8.42 Å². The van der Waals surface area contributed by atoms with E-state index in [2.05, 4.69) is 12.2 Å². The van der Waals surface area contributed by atoms with E-state index < -0.39 is 10.0 Å². The quantitative estimate of drug-likeness (QED) is 0.866. The van der Waals surface area contributed by atoms with Crippen LogP contribution in [-0.4, -0.2) is 42.9 Å². The number of nitrogens with one attached hydrogen (secondary N) is 1. The van der Waals surface area contributed by atoms with Crippen LogP contribution in [0.2, 0.25) is 0 Å². The van der Waals surface area contributed by atoms with Crippen LogP contribution in [0.1, 0.15) is 33.0 Å². The molecule has 120 valence electrons.